The molecule has 0 aliphatic carbocycles. The predicted molar refractivity (Wildman–Crippen MR) is 129 cm³/mol. The quantitative estimate of drug-likeness (QED) is 0.179. The van der Waals surface area contributed by atoms with Gasteiger partial charge in [-0.2, -0.15) is 8.42 Å². The molecule has 0 saturated carbocycles. The molecular formula is C22H34N4O9S. The molecule has 0 heterocycles. The smallest absolute Gasteiger partial charge is 0.407 e. The third kappa shape index (κ3) is 11.0. The third-order valence-electron chi connectivity index (χ3n) is 4.97. The van der Waals surface area contributed by atoms with Crippen molar-refractivity contribution in [2.75, 3.05) is 13.7 Å². The standard InChI is InChI=1S/C22H34N4O9S/c1-13(2)10-17(21(30)36(32,33)34)25-19(28)14(3)24-18(27)12-23-20(29)16(26-22(31)35-4)11-15-8-6-5-7-9-15/h5-9,13-14,16-17,21,30H,10-12H2,1-4H3,(H,23,29)(H,24,27)(H,25,28)(H,26,31)(H,32,33,34)/t14-,16-,17?,21?/m0/s1. The summed E-state index contributed by atoms with van der Waals surface area (Å²) in [6, 6.07) is 5.34. The Morgan fingerprint density at radius 2 is 1.58 bits per heavy atom. The second-order valence-corrected chi connectivity index (χ2v) is 10.0. The first-order valence-corrected chi connectivity index (χ1v) is 12.6. The molecule has 0 aliphatic rings. The highest BCUT2D eigenvalue weighted by Gasteiger charge is 2.33. The van der Waals surface area contributed by atoms with Gasteiger partial charge in [-0.3, -0.25) is 18.9 Å². The topological polar surface area (TPSA) is 200 Å². The Kier molecular flexibility index (Phi) is 12.3. The van der Waals surface area contributed by atoms with E-state index in [4.69, 9.17) is 4.55 Å². The summed E-state index contributed by atoms with van der Waals surface area (Å²) in [5, 5.41) is 19.3. The summed E-state index contributed by atoms with van der Waals surface area (Å²) in [5.41, 5.74) is -1.48. The number of carbonyl (C=O) groups excluding carboxylic acids is 4. The molecule has 4 amide bonds. The Balaban J connectivity index is 2.71. The van der Waals surface area contributed by atoms with Crippen LogP contribution in [0.15, 0.2) is 30.3 Å². The Hall–Kier alpha value is -3.23. The fraction of sp³-hybridized carbons (Fsp3) is 0.545. The van der Waals surface area contributed by atoms with Crippen molar-refractivity contribution in [1.29, 1.82) is 0 Å². The zero-order chi connectivity index (χ0) is 27.5. The highest BCUT2D eigenvalue weighted by molar-refractivity contribution is 7.86. The number of ether oxygens (including phenoxy) is 1. The van der Waals surface area contributed by atoms with Gasteiger partial charge in [-0.05, 0) is 24.8 Å². The number of hydrogen-bond acceptors (Lipinski definition) is 8. The molecule has 202 valence electrons. The lowest BCUT2D eigenvalue weighted by Crippen LogP contribution is -2.55. The van der Waals surface area contributed by atoms with E-state index in [2.05, 4.69) is 26.0 Å². The van der Waals surface area contributed by atoms with Gasteiger partial charge >= 0.3 is 6.09 Å². The van der Waals surface area contributed by atoms with E-state index < -0.39 is 64.0 Å². The normalized spacial score (nSPS) is 14.6. The molecule has 1 aromatic carbocycles. The average Bonchev–Trinajstić information content (AvgIpc) is 2.80. The molecule has 36 heavy (non-hydrogen) atoms. The lowest BCUT2D eigenvalue weighted by Gasteiger charge is -2.25. The number of aliphatic hydroxyl groups excluding tert-OH is 1. The maximum absolute atomic E-state index is 12.6. The molecule has 2 unspecified atom stereocenters. The fourth-order valence-electron chi connectivity index (χ4n) is 3.18. The number of rotatable bonds is 13. The maximum Gasteiger partial charge on any atom is 0.407 e. The molecule has 14 heteroatoms. The minimum Gasteiger partial charge on any atom is -0.453 e. The van der Waals surface area contributed by atoms with Gasteiger partial charge < -0.3 is 31.1 Å². The number of amides is 4. The zero-order valence-corrected chi connectivity index (χ0v) is 21.4. The maximum atomic E-state index is 12.6. The molecule has 0 aliphatic heterocycles. The van der Waals surface area contributed by atoms with Crippen LogP contribution < -0.4 is 21.3 Å². The van der Waals surface area contributed by atoms with Crippen LogP contribution in [0.1, 0.15) is 32.8 Å². The molecule has 6 N–H and O–H groups in total. The van der Waals surface area contributed by atoms with Crippen LogP contribution in [0, 0.1) is 5.92 Å². The van der Waals surface area contributed by atoms with E-state index in [1.165, 1.54) is 6.92 Å². The third-order valence-corrected chi connectivity index (χ3v) is 5.91. The Bertz CT molecular complexity index is 1000. The van der Waals surface area contributed by atoms with Crippen molar-refractivity contribution in [3.63, 3.8) is 0 Å². The largest absolute Gasteiger partial charge is 0.453 e. The van der Waals surface area contributed by atoms with Crippen molar-refractivity contribution in [1.82, 2.24) is 21.3 Å². The fourth-order valence-corrected chi connectivity index (χ4v) is 3.77. The number of alkyl carbamates (subject to hydrolysis) is 1. The monoisotopic (exact) mass is 530 g/mol. The first-order valence-electron chi connectivity index (χ1n) is 11.1. The number of hydrogen-bond donors (Lipinski definition) is 6. The molecule has 0 fully saturated rings. The number of aliphatic hydroxyl groups is 1. The molecule has 0 saturated heterocycles. The zero-order valence-electron chi connectivity index (χ0n) is 20.6. The van der Waals surface area contributed by atoms with E-state index in [1.807, 2.05) is 0 Å². The molecule has 0 spiro atoms. The van der Waals surface area contributed by atoms with Crippen LogP contribution in [0.5, 0.6) is 0 Å². The van der Waals surface area contributed by atoms with Crippen molar-refractivity contribution in [3.8, 4) is 0 Å². The number of benzene rings is 1. The van der Waals surface area contributed by atoms with Gasteiger partial charge in [0.25, 0.3) is 10.1 Å². The van der Waals surface area contributed by atoms with Gasteiger partial charge in [0.15, 0.2) is 0 Å². The molecule has 0 radical (unpaired) electrons. The van der Waals surface area contributed by atoms with E-state index in [0.717, 1.165) is 12.7 Å². The molecule has 1 aromatic rings. The first kappa shape index (κ1) is 30.8. The summed E-state index contributed by atoms with van der Waals surface area (Å²) in [6.07, 6.45) is -0.654. The minimum absolute atomic E-state index is 0.0411. The van der Waals surface area contributed by atoms with Crippen LogP contribution in [0.2, 0.25) is 0 Å². The van der Waals surface area contributed by atoms with Gasteiger partial charge in [0.05, 0.1) is 19.7 Å². The SMILES string of the molecule is COC(=O)N[C@@H](Cc1ccccc1)C(=O)NCC(=O)N[C@@H](C)C(=O)NC(CC(C)C)C(O)S(=O)(=O)O. The average molecular weight is 531 g/mol. The lowest BCUT2D eigenvalue weighted by atomic mass is 10.0. The minimum atomic E-state index is -4.83. The highest BCUT2D eigenvalue weighted by Crippen LogP contribution is 2.12. The van der Waals surface area contributed by atoms with Crippen molar-refractivity contribution in [3.05, 3.63) is 35.9 Å². The van der Waals surface area contributed by atoms with Crippen molar-refractivity contribution < 1.29 is 42.0 Å². The summed E-state index contributed by atoms with van der Waals surface area (Å²) >= 11 is 0. The van der Waals surface area contributed by atoms with E-state index in [9.17, 15) is 32.7 Å². The lowest BCUT2D eigenvalue weighted by molar-refractivity contribution is -0.130. The Labute approximate surface area is 210 Å². The van der Waals surface area contributed by atoms with Crippen LogP contribution in [0.25, 0.3) is 0 Å². The molecular weight excluding hydrogens is 496 g/mol. The van der Waals surface area contributed by atoms with Gasteiger partial charge in [0.1, 0.15) is 12.1 Å². The van der Waals surface area contributed by atoms with Gasteiger partial charge in [-0.25, -0.2) is 4.79 Å². The highest BCUT2D eigenvalue weighted by atomic mass is 32.2. The van der Waals surface area contributed by atoms with Gasteiger partial charge in [-0.1, -0.05) is 44.2 Å². The van der Waals surface area contributed by atoms with Crippen LogP contribution in [-0.2, 0) is 35.7 Å². The molecule has 4 atom stereocenters. The van der Waals surface area contributed by atoms with Crippen LogP contribution in [-0.4, -0.2) is 79.1 Å². The first-order chi connectivity index (χ1) is 16.7. The van der Waals surface area contributed by atoms with Crippen molar-refractivity contribution in [2.45, 2.75) is 57.2 Å². The van der Waals surface area contributed by atoms with Crippen LogP contribution in [0.4, 0.5) is 4.79 Å². The van der Waals surface area contributed by atoms with E-state index >= 15 is 0 Å². The van der Waals surface area contributed by atoms with Crippen LogP contribution in [0.3, 0.4) is 0 Å². The van der Waals surface area contributed by atoms with Gasteiger partial charge in [0, 0.05) is 6.42 Å². The second kappa shape index (κ2) is 14.4. The number of nitrogens with one attached hydrogen (secondary N) is 4. The molecule has 13 nitrogen and oxygen atoms in total. The second-order valence-electron chi connectivity index (χ2n) is 8.54. The number of methoxy groups -OCH3 is 1. The summed E-state index contributed by atoms with van der Waals surface area (Å²) in [6.45, 7) is 4.25. The van der Waals surface area contributed by atoms with Crippen LogP contribution >= 0.6 is 0 Å². The molecule has 1 rings (SSSR count). The molecule has 0 bridgehead atoms. The Morgan fingerprint density at radius 3 is 2.11 bits per heavy atom. The van der Waals surface area contributed by atoms with E-state index in [0.29, 0.717) is 0 Å². The van der Waals surface area contributed by atoms with E-state index in [-0.39, 0.29) is 18.8 Å². The predicted octanol–water partition coefficient (Wildman–Crippen LogP) is -0.688. The van der Waals surface area contributed by atoms with Gasteiger partial charge in [0.2, 0.25) is 23.2 Å². The Morgan fingerprint density at radius 1 is 0.972 bits per heavy atom. The summed E-state index contributed by atoms with van der Waals surface area (Å²) in [7, 11) is -3.69. The summed E-state index contributed by atoms with van der Waals surface area (Å²) in [4.78, 5) is 48.9. The summed E-state index contributed by atoms with van der Waals surface area (Å²) in [5.74, 6) is -2.34. The number of carbonyl (C=O) groups is 4. The van der Waals surface area contributed by atoms with Crippen molar-refractivity contribution in [2.24, 2.45) is 5.92 Å². The van der Waals surface area contributed by atoms with E-state index in [1.54, 1.807) is 44.2 Å². The van der Waals surface area contributed by atoms with Crippen molar-refractivity contribution >= 4 is 33.9 Å². The molecule has 0 aromatic heterocycles. The summed E-state index contributed by atoms with van der Waals surface area (Å²) < 4.78 is 36.3. The van der Waals surface area contributed by atoms with Gasteiger partial charge in [-0.15, -0.1) is 0 Å².